The maximum atomic E-state index is 13.3. The molecule has 0 spiro atoms. The van der Waals surface area contributed by atoms with Crippen LogP contribution in [0.2, 0.25) is 0 Å². The Bertz CT molecular complexity index is 1410. The lowest BCUT2D eigenvalue weighted by molar-refractivity contribution is -0.142. The zero-order valence-electron chi connectivity index (χ0n) is 21.2. The van der Waals surface area contributed by atoms with Crippen molar-refractivity contribution in [3.63, 3.8) is 0 Å². The largest absolute Gasteiger partial charge is 0.497 e. The smallest absolute Gasteiger partial charge is 0.330 e. The van der Waals surface area contributed by atoms with E-state index in [9.17, 15) is 9.59 Å². The molecule has 1 saturated heterocycles. The number of amides is 2. The molecule has 1 aliphatic heterocycles. The molecular weight excluding hydrogens is 480 g/mol. The maximum Gasteiger partial charge on any atom is 0.330 e. The van der Waals surface area contributed by atoms with E-state index >= 15 is 0 Å². The lowest BCUT2D eigenvalue weighted by atomic mass is 9.97. The number of nitrogens with one attached hydrogen (secondary N) is 1. The fourth-order valence-electron chi connectivity index (χ4n) is 4.66. The standard InChI is InChI=1S/C31H28N2O5/c1-36-25-17-18-26(27(19-25)38-20-21-9-5-3-6-10-21)29-28(30(34)37-2)32-31(35)33(29)24-15-13-23(14-16-24)22-11-7-4-8-12-22/h3-19,28-29H,20H2,1-2H3,(H,32,35)/t28-,29-/m1/s1. The number of ether oxygens (including phenoxy) is 3. The first-order valence-corrected chi connectivity index (χ1v) is 12.3. The number of esters is 1. The summed E-state index contributed by atoms with van der Waals surface area (Å²) in [7, 11) is 2.89. The number of rotatable bonds is 8. The van der Waals surface area contributed by atoms with E-state index in [4.69, 9.17) is 14.2 Å². The van der Waals surface area contributed by atoms with Crippen molar-refractivity contribution in [2.75, 3.05) is 19.1 Å². The van der Waals surface area contributed by atoms with Gasteiger partial charge < -0.3 is 19.5 Å². The summed E-state index contributed by atoms with van der Waals surface area (Å²) in [6, 6.07) is 30.8. The molecule has 0 saturated carbocycles. The first kappa shape index (κ1) is 24.9. The molecule has 4 aromatic rings. The van der Waals surface area contributed by atoms with Gasteiger partial charge in [-0.15, -0.1) is 0 Å². The molecule has 1 heterocycles. The van der Waals surface area contributed by atoms with Crippen LogP contribution in [-0.4, -0.2) is 32.3 Å². The van der Waals surface area contributed by atoms with Crippen molar-refractivity contribution in [3.05, 3.63) is 114 Å². The number of urea groups is 1. The van der Waals surface area contributed by atoms with Crippen LogP contribution in [0.25, 0.3) is 11.1 Å². The number of anilines is 1. The minimum absolute atomic E-state index is 0.309. The minimum Gasteiger partial charge on any atom is -0.497 e. The quantitative estimate of drug-likeness (QED) is 0.307. The molecule has 1 N–H and O–H groups in total. The highest BCUT2D eigenvalue weighted by atomic mass is 16.5. The Morgan fingerprint density at radius 1 is 0.842 bits per heavy atom. The number of methoxy groups -OCH3 is 2. The fraction of sp³-hybridized carbons (Fsp3) is 0.161. The monoisotopic (exact) mass is 508 g/mol. The molecule has 192 valence electrons. The molecule has 7 nitrogen and oxygen atoms in total. The van der Waals surface area contributed by atoms with Gasteiger partial charge in [0.15, 0.2) is 6.04 Å². The molecule has 0 bridgehead atoms. The zero-order chi connectivity index (χ0) is 26.5. The Hall–Kier alpha value is -4.78. The number of carbonyl (C=O) groups excluding carboxylic acids is 2. The second kappa shape index (κ2) is 11.1. The van der Waals surface area contributed by atoms with Gasteiger partial charge >= 0.3 is 12.0 Å². The zero-order valence-corrected chi connectivity index (χ0v) is 21.2. The van der Waals surface area contributed by atoms with Gasteiger partial charge in [-0.1, -0.05) is 72.8 Å². The first-order valence-electron chi connectivity index (χ1n) is 12.3. The predicted molar refractivity (Wildman–Crippen MR) is 145 cm³/mol. The lowest BCUT2D eigenvalue weighted by Crippen LogP contribution is -2.37. The van der Waals surface area contributed by atoms with Crippen LogP contribution in [0.15, 0.2) is 103 Å². The van der Waals surface area contributed by atoms with Gasteiger partial charge in [-0.05, 0) is 41.0 Å². The van der Waals surface area contributed by atoms with Crippen LogP contribution in [0, 0.1) is 0 Å². The SMILES string of the molecule is COC(=O)[C@@H]1NC(=O)N(c2ccc(-c3ccccc3)cc2)[C@@H]1c1ccc(OC)cc1OCc1ccccc1. The molecule has 0 unspecified atom stereocenters. The van der Waals surface area contributed by atoms with Crippen molar-refractivity contribution < 1.29 is 23.8 Å². The highest BCUT2D eigenvalue weighted by Crippen LogP contribution is 2.41. The Balaban J connectivity index is 1.54. The van der Waals surface area contributed by atoms with Crippen molar-refractivity contribution in [1.29, 1.82) is 0 Å². The van der Waals surface area contributed by atoms with Crippen molar-refractivity contribution in [2.45, 2.75) is 18.7 Å². The second-order valence-corrected chi connectivity index (χ2v) is 8.86. The van der Waals surface area contributed by atoms with Crippen molar-refractivity contribution in [2.24, 2.45) is 0 Å². The minimum atomic E-state index is -0.936. The van der Waals surface area contributed by atoms with Gasteiger partial charge in [-0.2, -0.15) is 0 Å². The molecule has 0 radical (unpaired) electrons. The normalized spacial score (nSPS) is 16.6. The third kappa shape index (κ3) is 5.04. The Morgan fingerprint density at radius 3 is 2.16 bits per heavy atom. The van der Waals surface area contributed by atoms with Gasteiger partial charge in [0.1, 0.15) is 18.1 Å². The molecule has 0 aromatic heterocycles. The van der Waals surface area contributed by atoms with E-state index in [0.717, 1.165) is 16.7 Å². The van der Waals surface area contributed by atoms with Crippen molar-refractivity contribution in [3.8, 4) is 22.6 Å². The third-order valence-electron chi connectivity index (χ3n) is 6.58. The van der Waals surface area contributed by atoms with Crippen LogP contribution in [0.4, 0.5) is 10.5 Å². The van der Waals surface area contributed by atoms with Gasteiger partial charge in [-0.25, -0.2) is 9.59 Å². The Kier molecular flexibility index (Phi) is 7.26. The summed E-state index contributed by atoms with van der Waals surface area (Å²) in [5.41, 5.74) is 4.37. The van der Waals surface area contributed by atoms with Gasteiger partial charge in [0, 0.05) is 17.3 Å². The number of hydrogen-bond donors (Lipinski definition) is 1. The molecule has 1 aliphatic rings. The average Bonchev–Trinajstić information content (AvgIpc) is 3.33. The molecule has 5 rings (SSSR count). The van der Waals surface area contributed by atoms with Gasteiger partial charge in [0.25, 0.3) is 0 Å². The molecule has 2 amide bonds. The van der Waals surface area contributed by atoms with Crippen LogP contribution < -0.4 is 19.7 Å². The molecule has 0 aliphatic carbocycles. The maximum absolute atomic E-state index is 13.3. The van der Waals surface area contributed by atoms with E-state index in [0.29, 0.717) is 29.4 Å². The Labute approximate surface area is 221 Å². The van der Waals surface area contributed by atoms with E-state index in [1.807, 2.05) is 91.0 Å². The van der Waals surface area contributed by atoms with Crippen LogP contribution in [0.5, 0.6) is 11.5 Å². The van der Waals surface area contributed by atoms with Crippen LogP contribution in [0.3, 0.4) is 0 Å². The summed E-state index contributed by atoms with van der Waals surface area (Å²) in [4.78, 5) is 27.7. The summed E-state index contributed by atoms with van der Waals surface area (Å²) < 4.78 is 16.7. The second-order valence-electron chi connectivity index (χ2n) is 8.86. The highest BCUT2D eigenvalue weighted by Gasteiger charge is 2.47. The van der Waals surface area contributed by atoms with Crippen LogP contribution >= 0.6 is 0 Å². The van der Waals surface area contributed by atoms with Crippen LogP contribution in [0.1, 0.15) is 17.2 Å². The van der Waals surface area contributed by atoms with Gasteiger partial charge in [-0.3, -0.25) is 4.90 Å². The van der Waals surface area contributed by atoms with Crippen molar-refractivity contribution >= 4 is 17.7 Å². The van der Waals surface area contributed by atoms with E-state index < -0.39 is 24.1 Å². The molecular formula is C31H28N2O5. The summed E-state index contributed by atoms with van der Waals surface area (Å²) in [5.74, 6) is 0.563. The summed E-state index contributed by atoms with van der Waals surface area (Å²) in [6.45, 7) is 0.309. The van der Waals surface area contributed by atoms with E-state index in [1.54, 1.807) is 24.1 Å². The number of carbonyl (C=O) groups is 2. The summed E-state index contributed by atoms with van der Waals surface area (Å²) in [6.07, 6.45) is 0. The predicted octanol–water partition coefficient (Wildman–Crippen LogP) is 5.75. The van der Waals surface area contributed by atoms with Crippen molar-refractivity contribution in [1.82, 2.24) is 5.32 Å². The first-order chi connectivity index (χ1) is 18.6. The topological polar surface area (TPSA) is 77.1 Å². The summed E-state index contributed by atoms with van der Waals surface area (Å²) >= 11 is 0. The van der Waals surface area contributed by atoms with E-state index in [2.05, 4.69) is 5.32 Å². The molecule has 2 atom stereocenters. The molecule has 4 aromatic carbocycles. The summed E-state index contributed by atoms with van der Waals surface area (Å²) in [5, 5.41) is 2.80. The van der Waals surface area contributed by atoms with E-state index in [-0.39, 0.29) is 0 Å². The fourth-order valence-corrected chi connectivity index (χ4v) is 4.66. The average molecular weight is 509 g/mol. The number of hydrogen-bond acceptors (Lipinski definition) is 5. The molecule has 38 heavy (non-hydrogen) atoms. The van der Waals surface area contributed by atoms with E-state index in [1.165, 1.54) is 7.11 Å². The third-order valence-corrected chi connectivity index (χ3v) is 6.58. The van der Waals surface area contributed by atoms with Crippen LogP contribution in [-0.2, 0) is 16.1 Å². The van der Waals surface area contributed by atoms with Gasteiger partial charge in [0.2, 0.25) is 0 Å². The molecule has 1 fully saturated rings. The Morgan fingerprint density at radius 2 is 1.50 bits per heavy atom. The molecule has 7 heteroatoms. The lowest BCUT2D eigenvalue weighted by Gasteiger charge is -2.28. The highest BCUT2D eigenvalue weighted by molar-refractivity contribution is 6.01. The number of benzene rings is 4. The van der Waals surface area contributed by atoms with Gasteiger partial charge in [0.05, 0.1) is 20.3 Å². The number of nitrogens with zero attached hydrogens (tertiary/aromatic N) is 1.